The molecule has 0 fully saturated rings. The molecule has 6 heteroatoms. The number of nitriles is 1. The second-order valence-electron chi connectivity index (χ2n) is 8.04. The van der Waals surface area contributed by atoms with Gasteiger partial charge in [0.1, 0.15) is 22.9 Å². The number of hydrogen-bond acceptors (Lipinski definition) is 4. The molecule has 0 unspecified atom stereocenters. The van der Waals surface area contributed by atoms with E-state index in [2.05, 4.69) is 12.2 Å². The van der Waals surface area contributed by atoms with E-state index in [1.165, 1.54) is 5.56 Å². The van der Waals surface area contributed by atoms with Crippen LogP contribution in [0.5, 0.6) is 0 Å². The zero-order chi connectivity index (χ0) is 24.2. The van der Waals surface area contributed by atoms with Crippen molar-refractivity contribution in [2.75, 3.05) is 5.32 Å². The van der Waals surface area contributed by atoms with Crippen LogP contribution in [0.3, 0.4) is 0 Å². The van der Waals surface area contributed by atoms with Gasteiger partial charge in [0.25, 0.3) is 5.91 Å². The van der Waals surface area contributed by atoms with Crippen molar-refractivity contribution in [1.82, 2.24) is 9.78 Å². The van der Waals surface area contributed by atoms with Crippen LogP contribution in [-0.2, 0) is 11.2 Å². The number of fused-ring (bicyclic) bond motifs is 1. The van der Waals surface area contributed by atoms with Gasteiger partial charge in [-0.3, -0.25) is 4.79 Å². The number of hydrogen-bond donors (Lipinski definition) is 1. The lowest BCUT2D eigenvalue weighted by Crippen LogP contribution is -2.13. The largest absolute Gasteiger partial charge is 0.454 e. The zero-order valence-electron chi connectivity index (χ0n) is 19.1. The molecule has 0 saturated carbocycles. The lowest BCUT2D eigenvalue weighted by Gasteiger charge is -2.05. The SMILES string of the molecule is CCc1ccc(NC(=O)C(C#N)=Cc2cn(-c3ccccc3)nc2-c2cc3ccccc3o2)cc1. The number of aromatic nitrogens is 2. The van der Waals surface area contributed by atoms with Crippen molar-refractivity contribution in [3.05, 3.63) is 108 Å². The highest BCUT2D eigenvalue weighted by Gasteiger charge is 2.18. The third-order valence-electron chi connectivity index (χ3n) is 5.71. The Kier molecular flexibility index (Phi) is 5.98. The van der Waals surface area contributed by atoms with E-state index < -0.39 is 5.91 Å². The maximum atomic E-state index is 12.9. The molecule has 1 N–H and O–H groups in total. The van der Waals surface area contributed by atoms with Crippen LogP contribution in [-0.4, -0.2) is 15.7 Å². The van der Waals surface area contributed by atoms with Crippen molar-refractivity contribution in [3.8, 4) is 23.2 Å². The normalized spacial score (nSPS) is 11.4. The number of nitrogens with zero attached hydrogens (tertiary/aromatic N) is 3. The minimum atomic E-state index is -0.486. The van der Waals surface area contributed by atoms with Gasteiger partial charge in [0.15, 0.2) is 5.76 Å². The fourth-order valence-electron chi connectivity index (χ4n) is 3.82. The summed E-state index contributed by atoms with van der Waals surface area (Å²) in [6, 6.07) is 28.8. The highest BCUT2D eigenvalue weighted by molar-refractivity contribution is 6.10. The molecule has 170 valence electrons. The number of para-hydroxylation sites is 2. The number of anilines is 1. The first kappa shape index (κ1) is 21.9. The quantitative estimate of drug-likeness (QED) is 0.236. The van der Waals surface area contributed by atoms with Crippen LogP contribution in [0.25, 0.3) is 34.2 Å². The summed E-state index contributed by atoms with van der Waals surface area (Å²) in [6.45, 7) is 2.07. The van der Waals surface area contributed by atoms with Gasteiger partial charge in [-0.1, -0.05) is 55.5 Å². The summed E-state index contributed by atoms with van der Waals surface area (Å²) >= 11 is 0. The van der Waals surface area contributed by atoms with Crippen molar-refractivity contribution in [1.29, 1.82) is 5.26 Å². The maximum Gasteiger partial charge on any atom is 0.266 e. The highest BCUT2D eigenvalue weighted by atomic mass is 16.3. The number of carbonyl (C=O) groups is 1. The first-order valence-corrected chi connectivity index (χ1v) is 11.3. The van der Waals surface area contributed by atoms with E-state index in [-0.39, 0.29) is 5.57 Å². The fourth-order valence-corrected chi connectivity index (χ4v) is 3.82. The number of furan rings is 1. The predicted octanol–water partition coefficient (Wildman–Crippen LogP) is 6.39. The van der Waals surface area contributed by atoms with E-state index in [1.54, 1.807) is 17.0 Å². The van der Waals surface area contributed by atoms with Crippen molar-refractivity contribution in [2.45, 2.75) is 13.3 Å². The minimum absolute atomic E-state index is 0.0328. The van der Waals surface area contributed by atoms with Gasteiger partial charge < -0.3 is 9.73 Å². The molecule has 0 aliphatic heterocycles. The molecule has 6 nitrogen and oxygen atoms in total. The second kappa shape index (κ2) is 9.54. The first-order valence-electron chi connectivity index (χ1n) is 11.3. The van der Waals surface area contributed by atoms with Gasteiger partial charge >= 0.3 is 0 Å². The average molecular weight is 459 g/mol. The van der Waals surface area contributed by atoms with Gasteiger partial charge in [0.05, 0.1) is 5.69 Å². The lowest BCUT2D eigenvalue weighted by atomic mass is 10.1. The van der Waals surface area contributed by atoms with Crippen LogP contribution >= 0.6 is 0 Å². The van der Waals surface area contributed by atoms with Crippen molar-refractivity contribution in [3.63, 3.8) is 0 Å². The number of amides is 1. The van der Waals surface area contributed by atoms with Crippen LogP contribution in [0.1, 0.15) is 18.1 Å². The molecule has 0 aliphatic rings. The third kappa shape index (κ3) is 4.61. The molecule has 0 spiro atoms. The van der Waals surface area contributed by atoms with Gasteiger partial charge in [-0.2, -0.15) is 10.4 Å². The molecule has 2 heterocycles. The predicted molar refractivity (Wildman–Crippen MR) is 137 cm³/mol. The molecule has 5 aromatic rings. The number of carbonyl (C=O) groups excluding carboxylic acids is 1. The standard InChI is InChI=1S/C29H22N4O2/c1-2-20-12-14-24(15-13-20)31-29(34)22(18-30)16-23-19-33(25-9-4-3-5-10-25)32-28(23)27-17-21-8-6-7-11-26(21)35-27/h3-17,19H,2H2,1H3,(H,31,34). The van der Waals surface area contributed by atoms with Gasteiger partial charge in [0.2, 0.25) is 0 Å². The number of benzene rings is 3. The minimum Gasteiger partial charge on any atom is -0.454 e. The van der Waals surface area contributed by atoms with Crippen LogP contribution < -0.4 is 5.32 Å². The smallest absolute Gasteiger partial charge is 0.266 e. The van der Waals surface area contributed by atoms with E-state index >= 15 is 0 Å². The molecule has 0 atom stereocenters. The van der Waals surface area contributed by atoms with Crippen molar-refractivity contribution < 1.29 is 9.21 Å². The molecule has 0 aliphatic carbocycles. The van der Waals surface area contributed by atoms with E-state index in [1.807, 2.05) is 91.0 Å². The van der Waals surface area contributed by atoms with Gasteiger partial charge in [-0.05, 0) is 54.5 Å². The Morgan fingerprint density at radius 1 is 1.06 bits per heavy atom. The Hall–Kier alpha value is -4.89. The second-order valence-corrected chi connectivity index (χ2v) is 8.04. The van der Waals surface area contributed by atoms with E-state index in [9.17, 15) is 10.1 Å². The monoisotopic (exact) mass is 458 g/mol. The molecule has 0 bridgehead atoms. The summed E-state index contributed by atoms with van der Waals surface area (Å²) in [4.78, 5) is 12.9. The summed E-state index contributed by atoms with van der Waals surface area (Å²) in [5, 5.41) is 18.3. The molecule has 1 amide bonds. The number of aryl methyl sites for hydroxylation is 1. The first-order chi connectivity index (χ1) is 17.1. The average Bonchev–Trinajstić information content (AvgIpc) is 3.52. The molecule has 5 rings (SSSR count). The maximum absolute atomic E-state index is 12.9. The number of nitrogens with one attached hydrogen (secondary N) is 1. The molecule has 0 radical (unpaired) electrons. The third-order valence-corrected chi connectivity index (χ3v) is 5.71. The van der Waals surface area contributed by atoms with Crippen molar-refractivity contribution >= 4 is 28.6 Å². The van der Waals surface area contributed by atoms with E-state index in [0.717, 1.165) is 23.1 Å². The Labute approximate surface area is 202 Å². The Morgan fingerprint density at radius 3 is 2.51 bits per heavy atom. The van der Waals surface area contributed by atoms with Crippen LogP contribution in [0.4, 0.5) is 5.69 Å². The van der Waals surface area contributed by atoms with Gasteiger partial charge in [0, 0.05) is 22.8 Å². The Bertz CT molecular complexity index is 1540. The van der Waals surface area contributed by atoms with E-state index in [4.69, 9.17) is 9.52 Å². The van der Waals surface area contributed by atoms with Crippen LogP contribution in [0.2, 0.25) is 0 Å². The molecular weight excluding hydrogens is 436 g/mol. The summed E-state index contributed by atoms with van der Waals surface area (Å²) in [6.07, 6.45) is 4.25. The zero-order valence-corrected chi connectivity index (χ0v) is 19.1. The molecule has 0 saturated heterocycles. The van der Waals surface area contributed by atoms with E-state index in [0.29, 0.717) is 22.7 Å². The van der Waals surface area contributed by atoms with Crippen LogP contribution in [0.15, 0.2) is 101 Å². The fraction of sp³-hybridized carbons (Fsp3) is 0.0690. The summed E-state index contributed by atoms with van der Waals surface area (Å²) in [7, 11) is 0. The molecular formula is C29H22N4O2. The summed E-state index contributed by atoms with van der Waals surface area (Å²) in [5.74, 6) is 0.0692. The molecule has 3 aromatic carbocycles. The van der Waals surface area contributed by atoms with Crippen molar-refractivity contribution in [2.24, 2.45) is 0 Å². The molecule has 2 aromatic heterocycles. The highest BCUT2D eigenvalue weighted by Crippen LogP contribution is 2.31. The van der Waals surface area contributed by atoms with Gasteiger partial charge in [-0.15, -0.1) is 0 Å². The topological polar surface area (TPSA) is 83.9 Å². The lowest BCUT2D eigenvalue weighted by molar-refractivity contribution is -0.112. The van der Waals surface area contributed by atoms with Gasteiger partial charge in [-0.25, -0.2) is 4.68 Å². The summed E-state index contributed by atoms with van der Waals surface area (Å²) in [5.41, 5.74) is 4.49. The Balaban J connectivity index is 1.55. The molecule has 35 heavy (non-hydrogen) atoms. The summed E-state index contributed by atoms with van der Waals surface area (Å²) < 4.78 is 7.76. The number of rotatable bonds is 6. The van der Waals surface area contributed by atoms with Crippen LogP contribution in [0, 0.1) is 11.3 Å². The Morgan fingerprint density at radius 2 is 1.80 bits per heavy atom.